The molecule has 2 aromatic carbocycles. The quantitative estimate of drug-likeness (QED) is 0.614. The van der Waals surface area contributed by atoms with Crippen molar-refractivity contribution in [2.45, 2.75) is 40.0 Å². The number of hydrogen-bond donors (Lipinski definition) is 1. The maximum absolute atomic E-state index is 6.02. The van der Waals surface area contributed by atoms with Gasteiger partial charge in [-0.25, -0.2) is 0 Å². The second kappa shape index (κ2) is 9.30. The number of nitrogens with one attached hydrogen (secondary N) is 1. The highest BCUT2D eigenvalue weighted by atomic mass is 79.9. The molecular weight excluding hydrogens is 390 g/mol. The average Bonchev–Trinajstić information content (AvgIpc) is 2.52. The molecule has 0 aromatic heterocycles. The Morgan fingerprint density at radius 1 is 1.12 bits per heavy atom. The van der Waals surface area contributed by atoms with Gasteiger partial charge in [0.25, 0.3) is 0 Å². The third-order valence-corrected chi connectivity index (χ3v) is 4.18. The van der Waals surface area contributed by atoms with E-state index in [1.54, 1.807) is 0 Å². The summed E-state index contributed by atoms with van der Waals surface area (Å²) in [5, 5.41) is 4.11. The summed E-state index contributed by atoms with van der Waals surface area (Å²) in [4.78, 5) is 0. The van der Waals surface area contributed by atoms with Crippen molar-refractivity contribution in [3.05, 3.63) is 57.0 Å². The van der Waals surface area contributed by atoms with Gasteiger partial charge in [-0.3, -0.25) is 0 Å². The molecule has 0 aliphatic heterocycles. The van der Waals surface area contributed by atoms with Crippen LogP contribution in [0.25, 0.3) is 0 Å². The lowest BCUT2D eigenvalue weighted by molar-refractivity contribution is 0.267. The molecule has 0 fully saturated rings. The van der Waals surface area contributed by atoms with Crippen LogP contribution in [0.4, 0.5) is 0 Å². The Labute approximate surface area is 157 Å². The summed E-state index contributed by atoms with van der Waals surface area (Å²) in [7, 11) is 0. The Hall–Kier alpha value is -1.23. The van der Waals surface area contributed by atoms with Gasteiger partial charge in [-0.05, 0) is 58.2 Å². The minimum atomic E-state index is 0.429. The molecule has 0 saturated heterocycles. The van der Waals surface area contributed by atoms with Crippen molar-refractivity contribution in [1.82, 2.24) is 5.32 Å². The van der Waals surface area contributed by atoms with Crippen LogP contribution in [0.2, 0.25) is 5.02 Å². The van der Waals surface area contributed by atoms with Crippen molar-refractivity contribution >= 4 is 27.5 Å². The van der Waals surface area contributed by atoms with E-state index >= 15 is 0 Å². The summed E-state index contributed by atoms with van der Waals surface area (Å²) in [6.45, 7) is 8.02. The lowest BCUT2D eigenvalue weighted by atomic mass is 10.2. The predicted molar refractivity (Wildman–Crippen MR) is 103 cm³/mol. The monoisotopic (exact) mass is 411 g/mol. The molecule has 0 spiro atoms. The van der Waals surface area contributed by atoms with E-state index in [-0.39, 0.29) is 0 Å². The maximum atomic E-state index is 6.02. The van der Waals surface area contributed by atoms with Crippen molar-refractivity contribution in [3.8, 4) is 11.5 Å². The predicted octanol–water partition coefficient (Wildman–Crippen LogP) is 5.58. The van der Waals surface area contributed by atoms with Gasteiger partial charge in [0.15, 0.2) is 11.5 Å². The summed E-state index contributed by atoms with van der Waals surface area (Å²) in [6, 6.07) is 12.2. The highest BCUT2D eigenvalue weighted by molar-refractivity contribution is 9.10. The van der Waals surface area contributed by atoms with Crippen LogP contribution >= 0.6 is 27.5 Å². The van der Waals surface area contributed by atoms with Crippen LogP contribution in [0.15, 0.2) is 40.9 Å². The van der Waals surface area contributed by atoms with Crippen LogP contribution in [-0.4, -0.2) is 12.6 Å². The third kappa shape index (κ3) is 5.69. The Morgan fingerprint density at radius 3 is 2.58 bits per heavy atom. The molecule has 2 aromatic rings. The molecule has 0 bridgehead atoms. The molecule has 0 amide bonds. The zero-order valence-corrected chi connectivity index (χ0v) is 16.6. The van der Waals surface area contributed by atoms with Gasteiger partial charge in [-0.2, -0.15) is 0 Å². The van der Waals surface area contributed by atoms with Gasteiger partial charge in [0.1, 0.15) is 6.61 Å². The molecule has 1 N–H and O–H groups in total. The fourth-order valence-electron chi connectivity index (χ4n) is 2.23. The zero-order chi connectivity index (χ0) is 17.5. The van der Waals surface area contributed by atoms with E-state index in [2.05, 4.69) is 41.2 Å². The maximum Gasteiger partial charge on any atom is 0.175 e. The molecule has 0 heterocycles. The number of benzene rings is 2. The average molecular weight is 413 g/mol. The normalized spacial score (nSPS) is 10.9. The van der Waals surface area contributed by atoms with Crippen molar-refractivity contribution in [2.24, 2.45) is 0 Å². The van der Waals surface area contributed by atoms with Crippen molar-refractivity contribution in [1.29, 1.82) is 0 Å². The Morgan fingerprint density at radius 2 is 1.92 bits per heavy atom. The molecular formula is C19H23BrClNO2. The van der Waals surface area contributed by atoms with Gasteiger partial charge < -0.3 is 14.8 Å². The van der Waals surface area contributed by atoms with Crippen LogP contribution in [-0.2, 0) is 13.2 Å². The van der Waals surface area contributed by atoms with Crippen LogP contribution < -0.4 is 14.8 Å². The molecule has 0 aliphatic rings. The minimum absolute atomic E-state index is 0.429. The number of rotatable bonds is 8. The Balaban J connectivity index is 2.17. The van der Waals surface area contributed by atoms with Gasteiger partial charge >= 0.3 is 0 Å². The number of halogens is 2. The Kier molecular flexibility index (Phi) is 7.40. The first-order chi connectivity index (χ1) is 11.5. The molecule has 0 radical (unpaired) electrons. The topological polar surface area (TPSA) is 30.5 Å². The number of ether oxygens (including phenoxy) is 2. The largest absolute Gasteiger partial charge is 0.490 e. The SMILES string of the molecule is CCOc1cc(CNC(C)C)cc(Br)c1OCc1cccc(Cl)c1. The summed E-state index contributed by atoms with van der Waals surface area (Å²) >= 11 is 9.63. The fraction of sp³-hybridized carbons (Fsp3) is 0.368. The summed E-state index contributed by atoms with van der Waals surface area (Å²) < 4.78 is 12.6. The zero-order valence-electron chi connectivity index (χ0n) is 14.2. The van der Waals surface area contributed by atoms with Gasteiger partial charge in [0.2, 0.25) is 0 Å². The molecule has 0 saturated carbocycles. The molecule has 0 aliphatic carbocycles. The van der Waals surface area contributed by atoms with E-state index in [0.29, 0.717) is 30.0 Å². The summed E-state index contributed by atoms with van der Waals surface area (Å²) in [5.41, 5.74) is 2.16. The lowest BCUT2D eigenvalue weighted by Gasteiger charge is -2.16. The summed E-state index contributed by atoms with van der Waals surface area (Å²) in [6.07, 6.45) is 0. The molecule has 5 heteroatoms. The van der Waals surface area contributed by atoms with Crippen LogP contribution in [0, 0.1) is 0 Å². The van der Waals surface area contributed by atoms with Crippen molar-refractivity contribution in [2.75, 3.05) is 6.61 Å². The molecule has 2 rings (SSSR count). The minimum Gasteiger partial charge on any atom is -0.490 e. The second-order valence-corrected chi connectivity index (χ2v) is 7.08. The van der Waals surface area contributed by atoms with Crippen molar-refractivity contribution < 1.29 is 9.47 Å². The third-order valence-electron chi connectivity index (χ3n) is 3.36. The Bertz CT molecular complexity index is 676. The van der Waals surface area contributed by atoms with Crippen LogP contribution in [0.5, 0.6) is 11.5 Å². The summed E-state index contributed by atoms with van der Waals surface area (Å²) in [5.74, 6) is 1.46. The van der Waals surface area contributed by atoms with Gasteiger partial charge in [-0.15, -0.1) is 0 Å². The van der Waals surface area contributed by atoms with E-state index in [1.807, 2.05) is 37.3 Å². The molecule has 3 nitrogen and oxygen atoms in total. The molecule has 0 unspecified atom stereocenters. The smallest absolute Gasteiger partial charge is 0.175 e. The fourth-order valence-corrected chi connectivity index (χ4v) is 3.05. The van der Waals surface area contributed by atoms with Gasteiger partial charge in [0, 0.05) is 17.6 Å². The van der Waals surface area contributed by atoms with E-state index in [1.165, 1.54) is 0 Å². The highest BCUT2D eigenvalue weighted by Gasteiger charge is 2.13. The molecule has 24 heavy (non-hydrogen) atoms. The van der Waals surface area contributed by atoms with Crippen LogP contribution in [0.3, 0.4) is 0 Å². The number of hydrogen-bond acceptors (Lipinski definition) is 3. The van der Waals surface area contributed by atoms with E-state index in [0.717, 1.165) is 27.9 Å². The lowest BCUT2D eigenvalue weighted by Crippen LogP contribution is -2.21. The first-order valence-electron chi connectivity index (χ1n) is 8.05. The standard InChI is InChI=1S/C19H23BrClNO2/c1-4-23-18-10-15(11-22-13(2)3)9-17(20)19(18)24-12-14-6-5-7-16(21)8-14/h5-10,13,22H,4,11-12H2,1-3H3. The van der Waals surface area contributed by atoms with E-state index < -0.39 is 0 Å². The van der Waals surface area contributed by atoms with E-state index in [4.69, 9.17) is 21.1 Å². The van der Waals surface area contributed by atoms with Gasteiger partial charge in [-0.1, -0.05) is 37.6 Å². The second-order valence-electron chi connectivity index (χ2n) is 5.79. The first-order valence-corrected chi connectivity index (χ1v) is 9.22. The first kappa shape index (κ1) is 19.1. The highest BCUT2D eigenvalue weighted by Crippen LogP contribution is 2.37. The van der Waals surface area contributed by atoms with E-state index in [9.17, 15) is 0 Å². The van der Waals surface area contributed by atoms with Crippen molar-refractivity contribution in [3.63, 3.8) is 0 Å². The molecule has 130 valence electrons. The van der Waals surface area contributed by atoms with Crippen LogP contribution in [0.1, 0.15) is 31.9 Å². The molecule has 0 atom stereocenters. The van der Waals surface area contributed by atoms with Gasteiger partial charge in [0.05, 0.1) is 11.1 Å².